The van der Waals surface area contributed by atoms with E-state index in [9.17, 15) is 14.4 Å². The fraction of sp³-hybridized carbons (Fsp3) is 0.400. The van der Waals surface area contributed by atoms with Crippen LogP contribution in [0.15, 0.2) is 30.3 Å². The Kier molecular flexibility index (Phi) is 9.60. The highest BCUT2D eigenvalue weighted by Gasteiger charge is 2.24. The van der Waals surface area contributed by atoms with Gasteiger partial charge in [-0.2, -0.15) is 0 Å². The van der Waals surface area contributed by atoms with Crippen molar-refractivity contribution in [2.75, 3.05) is 13.7 Å². The van der Waals surface area contributed by atoms with Crippen LogP contribution in [-0.4, -0.2) is 43.5 Å². The number of ether oxygens (including phenoxy) is 1. The number of hydrogen-bond acceptors (Lipinski definition) is 5. The molecule has 0 fully saturated rings. The molecule has 7 nitrogen and oxygen atoms in total. The minimum Gasteiger partial charge on any atom is -0.467 e. The van der Waals surface area contributed by atoms with E-state index in [0.29, 0.717) is 6.42 Å². The van der Waals surface area contributed by atoms with Crippen molar-refractivity contribution in [2.45, 2.75) is 25.4 Å². The molecule has 1 aromatic rings. The molecular formula is C15H22ClN3O4. The van der Waals surface area contributed by atoms with Crippen LogP contribution in [0.4, 0.5) is 0 Å². The minimum atomic E-state index is -0.822. The maximum Gasteiger partial charge on any atom is 0.328 e. The third kappa shape index (κ3) is 7.12. The van der Waals surface area contributed by atoms with Crippen LogP contribution in [-0.2, 0) is 25.5 Å². The van der Waals surface area contributed by atoms with Gasteiger partial charge < -0.3 is 21.1 Å². The summed E-state index contributed by atoms with van der Waals surface area (Å²) in [6, 6.07) is 7.63. The first-order valence-corrected chi connectivity index (χ1v) is 6.89. The van der Waals surface area contributed by atoms with E-state index in [1.54, 1.807) is 0 Å². The summed E-state index contributed by atoms with van der Waals surface area (Å²) in [5.41, 5.74) is 6.06. The van der Waals surface area contributed by atoms with E-state index in [1.165, 1.54) is 14.0 Å². The second kappa shape index (κ2) is 10.6. The number of esters is 1. The summed E-state index contributed by atoms with van der Waals surface area (Å²) < 4.78 is 4.71. The predicted molar refractivity (Wildman–Crippen MR) is 88.0 cm³/mol. The Morgan fingerprint density at radius 3 is 2.30 bits per heavy atom. The largest absolute Gasteiger partial charge is 0.467 e. The molecule has 8 heteroatoms. The van der Waals surface area contributed by atoms with Gasteiger partial charge in [0.2, 0.25) is 11.8 Å². The van der Waals surface area contributed by atoms with Crippen LogP contribution in [0.2, 0.25) is 0 Å². The number of rotatable bonds is 7. The van der Waals surface area contributed by atoms with Gasteiger partial charge in [0.15, 0.2) is 0 Å². The van der Waals surface area contributed by atoms with Gasteiger partial charge in [0, 0.05) is 6.42 Å². The zero-order chi connectivity index (χ0) is 16.5. The smallest absolute Gasteiger partial charge is 0.328 e. The van der Waals surface area contributed by atoms with Crippen LogP contribution in [0, 0.1) is 0 Å². The molecule has 0 saturated heterocycles. The van der Waals surface area contributed by atoms with Crippen LogP contribution in [0.25, 0.3) is 0 Å². The third-order valence-corrected chi connectivity index (χ3v) is 3.04. The molecule has 0 radical (unpaired) electrons. The number of amides is 2. The number of methoxy groups -OCH3 is 1. The zero-order valence-corrected chi connectivity index (χ0v) is 13.9. The fourth-order valence-corrected chi connectivity index (χ4v) is 1.85. The van der Waals surface area contributed by atoms with Crippen molar-refractivity contribution in [1.82, 2.24) is 10.6 Å². The molecule has 0 aliphatic rings. The topological polar surface area (TPSA) is 111 Å². The van der Waals surface area contributed by atoms with E-state index in [4.69, 9.17) is 10.5 Å². The molecule has 2 amide bonds. The molecule has 0 heterocycles. The van der Waals surface area contributed by atoms with E-state index in [-0.39, 0.29) is 19.0 Å². The second-order valence-electron chi connectivity index (χ2n) is 4.77. The number of nitrogens with one attached hydrogen (secondary N) is 2. The van der Waals surface area contributed by atoms with Gasteiger partial charge in [-0.1, -0.05) is 30.3 Å². The Hall–Kier alpha value is -2.12. The summed E-state index contributed by atoms with van der Waals surface area (Å²) in [5, 5.41) is 5.00. The molecule has 128 valence electrons. The lowest BCUT2D eigenvalue weighted by Gasteiger charge is -2.20. The highest BCUT2D eigenvalue weighted by molar-refractivity contribution is 5.90. The van der Waals surface area contributed by atoms with Gasteiger partial charge in [-0.3, -0.25) is 9.59 Å². The number of halogens is 1. The van der Waals surface area contributed by atoms with Gasteiger partial charge in [0.25, 0.3) is 0 Å². The van der Waals surface area contributed by atoms with Crippen LogP contribution in [0.3, 0.4) is 0 Å². The van der Waals surface area contributed by atoms with Gasteiger partial charge in [-0.15, -0.1) is 12.4 Å². The maximum atomic E-state index is 12.0. The summed E-state index contributed by atoms with van der Waals surface area (Å²) in [5.74, 6) is -1.47. The molecule has 1 aromatic carbocycles. The molecule has 1 rings (SSSR count). The molecule has 0 aromatic heterocycles. The minimum absolute atomic E-state index is 0. The van der Waals surface area contributed by atoms with Gasteiger partial charge in [-0.05, 0) is 12.5 Å². The highest BCUT2D eigenvalue weighted by Crippen LogP contribution is 2.05. The Morgan fingerprint density at radius 1 is 1.17 bits per heavy atom. The lowest BCUT2D eigenvalue weighted by molar-refractivity contribution is -0.145. The molecule has 0 aliphatic heterocycles. The SMILES string of the molecule is COC(=O)[C@H](Cc1ccccc1)NC(=O)[C@H](C)NC(=O)CN.Cl. The first-order valence-electron chi connectivity index (χ1n) is 6.89. The van der Waals surface area contributed by atoms with Crippen molar-refractivity contribution in [1.29, 1.82) is 0 Å². The molecule has 0 spiro atoms. The molecule has 0 saturated carbocycles. The number of benzene rings is 1. The first kappa shape index (κ1) is 20.9. The van der Waals surface area contributed by atoms with Crippen molar-refractivity contribution in [2.24, 2.45) is 5.73 Å². The Bertz CT molecular complexity index is 525. The van der Waals surface area contributed by atoms with Crippen LogP contribution >= 0.6 is 12.4 Å². The molecule has 4 N–H and O–H groups in total. The van der Waals surface area contributed by atoms with Crippen molar-refractivity contribution < 1.29 is 19.1 Å². The van der Waals surface area contributed by atoms with E-state index >= 15 is 0 Å². The van der Waals surface area contributed by atoms with E-state index in [1.807, 2.05) is 30.3 Å². The highest BCUT2D eigenvalue weighted by atomic mass is 35.5. The van der Waals surface area contributed by atoms with Crippen LogP contribution in [0.1, 0.15) is 12.5 Å². The average Bonchev–Trinajstić information content (AvgIpc) is 2.54. The summed E-state index contributed by atoms with van der Waals surface area (Å²) in [6.45, 7) is 1.31. The summed E-state index contributed by atoms with van der Waals surface area (Å²) in [6.07, 6.45) is 0.302. The summed E-state index contributed by atoms with van der Waals surface area (Å²) in [7, 11) is 1.26. The summed E-state index contributed by atoms with van der Waals surface area (Å²) >= 11 is 0. The van der Waals surface area contributed by atoms with Gasteiger partial charge in [0.05, 0.1) is 13.7 Å². The van der Waals surface area contributed by atoms with Crippen molar-refractivity contribution in [3.8, 4) is 0 Å². The molecule has 23 heavy (non-hydrogen) atoms. The number of carbonyl (C=O) groups excluding carboxylic acids is 3. The molecule has 0 unspecified atom stereocenters. The third-order valence-electron chi connectivity index (χ3n) is 3.04. The van der Waals surface area contributed by atoms with Gasteiger partial charge in [-0.25, -0.2) is 4.79 Å². The van der Waals surface area contributed by atoms with E-state index in [0.717, 1.165) is 5.56 Å². The monoisotopic (exact) mass is 343 g/mol. The maximum absolute atomic E-state index is 12.0. The Morgan fingerprint density at radius 2 is 1.78 bits per heavy atom. The standard InChI is InChI=1S/C15H21N3O4.ClH/c1-10(17-13(19)9-16)14(20)18-12(15(21)22-2)8-11-6-4-3-5-7-11;/h3-7,10,12H,8-9,16H2,1-2H3,(H,17,19)(H,18,20);1H/t10-,12-;/m0./s1. The molecule has 0 aliphatic carbocycles. The number of carbonyl (C=O) groups is 3. The Balaban J connectivity index is 0.00000484. The van der Waals surface area contributed by atoms with Crippen molar-refractivity contribution in [3.63, 3.8) is 0 Å². The first-order chi connectivity index (χ1) is 10.5. The zero-order valence-electron chi connectivity index (χ0n) is 13.1. The van der Waals surface area contributed by atoms with E-state index < -0.39 is 29.9 Å². The van der Waals surface area contributed by atoms with Gasteiger partial charge >= 0.3 is 5.97 Å². The fourth-order valence-electron chi connectivity index (χ4n) is 1.85. The Labute approximate surface area is 141 Å². The quantitative estimate of drug-likeness (QED) is 0.592. The summed E-state index contributed by atoms with van der Waals surface area (Å²) in [4.78, 5) is 35.0. The van der Waals surface area contributed by atoms with Crippen LogP contribution in [0.5, 0.6) is 0 Å². The number of nitrogens with two attached hydrogens (primary N) is 1. The molecule has 0 bridgehead atoms. The lowest BCUT2D eigenvalue weighted by Crippen LogP contribution is -2.52. The van der Waals surface area contributed by atoms with Crippen LogP contribution < -0.4 is 16.4 Å². The molecular weight excluding hydrogens is 322 g/mol. The average molecular weight is 344 g/mol. The van der Waals surface area contributed by atoms with Gasteiger partial charge in [0.1, 0.15) is 12.1 Å². The lowest BCUT2D eigenvalue weighted by atomic mass is 10.1. The van der Waals surface area contributed by atoms with E-state index in [2.05, 4.69) is 10.6 Å². The molecule has 2 atom stereocenters. The normalized spacial score (nSPS) is 12.3. The van der Waals surface area contributed by atoms with Crippen molar-refractivity contribution in [3.05, 3.63) is 35.9 Å². The van der Waals surface area contributed by atoms with Crippen molar-refractivity contribution >= 4 is 30.2 Å². The second-order valence-corrected chi connectivity index (χ2v) is 4.77. The predicted octanol–water partition coefficient (Wildman–Crippen LogP) is -0.228. The number of hydrogen-bond donors (Lipinski definition) is 3.